The van der Waals surface area contributed by atoms with Gasteiger partial charge in [-0.15, -0.1) is 0 Å². The number of benzene rings is 1. The van der Waals surface area contributed by atoms with Gasteiger partial charge in [0.2, 0.25) is 0 Å². The SMILES string of the molecule is NC1CCCCC1Cc1ccc(Br)cc1Cl. The first-order valence-electron chi connectivity index (χ1n) is 5.86. The Labute approximate surface area is 110 Å². The highest BCUT2D eigenvalue weighted by molar-refractivity contribution is 9.10. The third kappa shape index (κ3) is 2.99. The minimum absolute atomic E-state index is 0.355. The number of nitrogens with two attached hydrogens (primary N) is 1. The summed E-state index contributed by atoms with van der Waals surface area (Å²) >= 11 is 9.65. The Bertz CT molecular complexity index is 367. The average Bonchev–Trinajstić information content (AvgIpc) is 2.25. The summed E-state index contributed by atoms with van der Waals surface area (Å²) in [5, 5.41) is 0.854. The fourth-order valence-electron chi connectivity index (χ4n) is 2.46. The van der Waals surface area contributed by atoms with Crippen molar-refractivity contribution in [3.05, 3.63) is 33.3 Å². The fraction of sp³-hybridized carbons (Fsp3) is 0.538. The molecule has 1 nitrogen and oxygen atoms in total. The maximum absolute atomic E-state index is 6.23. The standard InChI is InChI=1S/C13H17BrClN/c14-11-6-5-9(12(15)8-11)7-10-3-1-2-4-13(10)16/h5-6,8,10,13H,1-4,7,16H2. The quantitative estimate of drug-likeness (QED) is 0.872. The van der Waals surface area contributed by atoms with Gasteiger partial charge in [0, 0.05) is 15.5 Å². The first-order valence-corrected chi connectivity index (χ1v) is 7.03. The minimum Gasteiger partial charge on any atom is -0.327 e. The zero-order valence-corrected chi connectivity index (χ0v) is 11.6. The smallest absolute Gasteiger partial charge is 0.0449 e. The van der Waals surface area contributed by atoms with Crippen LogP contribution < -0.4 is 5.73 Å². The Balaban J connectivity index is 2.07. The summed E-state index contributed by atoms with van der Waals surface area (Å²) in [6, 6.07) is 6.47. The van der Waals surface area contributed by atoms with Crippen molar-refractivity contribution in [3.63, 3.8) is 0 Å². The van der Waals surface area contributed by atoms with E-state index in [4.69, 9.17) is 17.3 Å². The van der Waals surface area contributed by atoms with E-state index in [1.165, 1.54) is 31.2 Å². The van der Waals surface area contributed by atoms with Crippen molar-refractivity contribution < 1.29 is 0 Å². The van der Waals surface area contributed by atoms with Gasteiger partial charge in [-0.25, -0.2) is 0 Å². The zero-order valence-electron chi connectivity index (χ0n) is 9.26. The number of halogens is 2. The molecule has 0 bridgehead atoms. The van der Waals surface area contributed by atoms with Crippen molar-refractivity contribution in [2.45, 2.75) is 38.1 Å². The molecule has 1 aromatic rings. The Hall–Kier alpha value is -0.0500. The first-order chi connectivity index (χ1) is 7.66. The van der Waals surface area contributed by atoms with E-state index in [-0.39, 0.29) is 0 Å². The molecule has 2 unspecified atom stereocenters. The molecule has 1 aliphatic rings. The predicted octanol–water partition coefficient (Wildman–Crippen LogP) is 4.16. The van der Waals surface area contributed by atoms with Gasteiger partial charge in [0.05, 0.1) is 0 Å². The molecule has 1 aromatic carbocycles. The largest absolute Gasteiger partial charge is 0.327 e. The van der Waals surface area contributed by atoms with Crippen molar-refractivity contribution in [2.75, 3.05) is 0 Å². The Morgan fingerprint density at radius 3 is 2.75 bits per heavy atom. The number of rotatable bonds is 2. The summed E-state index contributed by atoms with van der Waals surface area (Å²) in [7, 11) is 0. The molecule has 1 saturated carbocycles. The van der Waals surface area contributed by atoms with Gasteiger partial charge in [-0.3, -0.25) is 0 Å². The normalized spacial score (nSPS) is 25.7. The summed E-state index contributed by atoms with van der Waals surface area (Å²) in [6.45, 7) is 0. The van der Waals surface area contributed by atoms with Crippen LogP contribution in [0.15, 0.2) is 22.7 Å². The van der Waals surface area contributed by atoms with Gasteiger partial charge in [0.25, 0.3) is 0 Å². The highest BCUT2D eigenvalue weighted by atomic mass is 79.9. The van der Waals surface area contributed by atoms with E-state index in [0.717, 1.165) is 15.9 Å². The van der Waals surface area contributed by atoms with Gasteiger partial charge in [0.15, 0.2) is 0 Å². The molecule has 0 saturated heterocycles. The lowest BCUT2D eigenvalue weighted by atomic mass is 9.81. The molecule has 3 heteroatoms. The Morgan fingerprint density at radius 2 is 2.06 bits per heavy atom. The van der Waals surface area contributed by atoms with Crippen LogP contribution in [0.2, 0.25) is 5.02 Å². The van der Waals surface area contributed by atoms with Crippen molar-refractivity contribution in [2.24, 2.45) is 11.7 Å². The van der Waals surface area contributed by atoms with Gasteiger partial charge in [-0.1, -0.05) is 46.4 Å². The summed E-state index contributed by atoms with van der Waals surface area (Å²) in [5.74, 6) is 0.604. The lowest BCUT2D eigenvalue weighted by Crippen LogP contribution is -2.34. The van der Waals surface area contributed by atoms with Crippen LogP contribution in [0, 0.1) is 5.92 Å². The summed E-state index contributed by atoms with van der Waals surface area (Å²) < 4.78 is 1.04. The maximum atomic E-state index is 6.23. The fourth-order valence-corrected chi connectivity index (χ4v) is 3.21. The zero-order chi connectivity index (χ0) is 11.5. The van der Waals surface area contributed by atoms with Crippen molar-refractivity contribution in [1.29, 1.82) is 0 Å². The molecule has 1 aliphatic carbocycles. The van der Waals surface area contributed by atoms with Crippen LogP contribution in [0.1, 0.15) is 31.2 Å². The molecule has 0 spiro atoms. The molecule has 0 radical (unpaired) electrons. The van der Waals surface area contributed by atoms with Crippen LogP contribution in [0.5, 0.6) is 0 Å². The van der Waals surface area contributed by atoms with Crippen molar-refractivity contribution >= 4 is 27.5 Å². The molecule has 0 heterocycles. The van der Waals surface area contributed by atoms with Crippen LogP contribution in [0.25, 0.3) is 0 Å². The Morgan fingerprint density at radius 1 is 1.31 bits per heavy atom. The summed E-state index contributed by atoms with van der Waals surface area (Å²) in [6.07, 6.45) is 6.03. The molecule has 88 valence electrons. The highest BCUT2D eigenvalue weighted by Crippen LogP contribution is 2.29. The molecule has 16 heavy (non-hydrogen) atoms. The highest BCUT2D eigenvalue weighted by Gasteiger charge is 2.22. The van der Waals surface area contributed by atoms with E-state index < -0.39 is 0 Å². The van der Waals surface area contributed by atoms with Crippen LogP contribution in [0.3, 0.4) is 0 Å². The molecule has 0 aromatic heterocycles. The topological polar surface area (TPSA) is 26.0 Å². The summed E-state index contributed by atoms with van der Waals surface area (Å²) in [5.41, 5.74) is 7.38. The van der Waals surface area contributed by atoms with Crippen molar-refractivity contribution in [1.82, 2.24) is 0 Å². The average molecular weight is 303 g/mol. The van der Waals surface area contributed by atoms with Gasteiger partial charge in [0.1, 0.15) is 0 Å². The van der Waals surface area contributed by atoms with Crippen LogP contribution >= 0.6 is 27.5 Å². The van der Waals surface area contributed by atoms with Gasteiger partial charge < -0.3 is 5.73 Å². The molecule has 2 rings (SSSR count). The van der Waals surface area contributed by atoms with Crippen molar-refractivity contribution in [3.8, 4) is 0 Å². The van der Waals surface area contributed by atoms with E-state index >= 15 is 0 Å². The molecule has 1 fully saturated rings. The van der Waals surface area contributed by atoms with E-state index in [1.54, 1.807) is 0 Å². The molecule has 0 aliphatic heterocycles. The first kappa shape index (κ1) is 12.4. The maximum Gasteiger partial charge on any atom is 0.0449 e. The lowest BCUT2D eigenvalue weighted by Gasteiger charge is -2.28. The van der Waals surface area contributed by atoms with Crippen LogP contribution in [0.4, 0.5) is 0 Å². The second-order valence-corrected chi connectivity index (χ2v) is 5.97. The molecular weight excluding hydrogens is 286 g/mol. The van der Waals surface area contributed by atoms with E-state index in [1.807, 2.05) is 6.07 Å². The second-order valence-electron chi connectivity index (χ2n) is 4.65. The van der Waals surface area contributed by atoms with Gasteiger partial charge in [-0.2, -0.15) is 0 Å². The van der Waals surface area contributed by atoms with Crippen LogP contribution in [-0.4, -0.2) is 6.04 Å². The predicted molar refractivity (Wildman–Crippen MR) is 72.8 cm³/mol. The van der Waals surface area contributed by atoms with E-state index in [9.17, 15) is 0 Å². The minimum atomic E-state index is 0.355. The van der Waals surface area contributed by atoms with E-state index in [0.29, 0.717) is 12.0 Å². The second kappa shape index (κ2) is 5.52. The Kier molecular flexibility index (Phi) is 4.28. The number of hydrogen-bond donors (Lipinski definition) is 1. The lowest BCUT2D eigenvalue weighted by molar-refractivity contribution is 0.306. The molecular formula is C13H17BrClN. The molecule has 2 atom stereocenters. The van der Waals surface area contributed by atoms with Crippen LogP contribution in [-0.2, 0) is 6.42 Å². The monoisotopic (exact) mass is 301 g/mol. The third-order valence-corrected chi connectivity index (χ3v) is 4.31. The summed E-state index contributed by atoms with van der Waals surface area (Å²) in [4.78, 5) is 0. The molecule has 2 N–H and O–H groups in total. The number of hydrogen-bond acceptors (Lipinski definition) is 1. The van der Waals surface area contributed by atoms with Gasteiger partial charge >= 0.3 is 0 Å². The van der Waals surface area contributed by atoms with Gasteiger partial charge in [-0.05, 0) is 42.9 Å². The third-order valence-electron chi connectivity index (χ3n) is 3.47. The molecule has 0 amide bonds. The van der Waals surface area contributed by atoms with E-state index in [2.05, 4.69) is 28.1 Å².